The molecule has 2 atom stereocenters. The topological polar surface area (TPSA) is 32.3 Å². The van der Waals surface area contributed by atoms with Gasteiger partial charge in [-0.05, 0) is 56.7 Å². The fraction of sp³-hybridized carbons (Fsp3) is 0.611. The van der Waals surface area contributed by atoms with Gasteiger partial charge in [0.1, 0.15) is 0 Å². The first kappa shape index (κ1) is 14.6. The maximum absolute atomic E-state index is 12.7. The normalized spacial score (nSPS) is 25.6. The first-order valence-corrected chi connectivity index (χ1v) is 8.34. The van der Waals surface area contributed by atoms with E-state index in [1.54, 1.807) is 0 Å². The SMILES string of the molecule is CCN(CC1CCNCC1)C(=O)C1CC1c1ccccc1. The van der Waals surface area contributed by atoms with Crippen molar-refractivity contribution in [2.75, 3.05) is 26.2 Å². The fourth-order valence-corrected chi connectivity index (χ4v) is 3.52. The lowest BCUT2D eigenvalue weighted by Gasteiger charge is -2.29. The standard InChI is InChI=1S/C18H26N2O/c1-2-20(13-14-8-10-19-11-9-14)18(21)17-12-16(17)15-6-4-3-5-7-15/h3-7,14,16-17,19H,2,8-13H2,1H3. The number of piperidine rings is 1. The summed E-state index contributed by atoms with van der Waals surface area (Å²) in [5, 5.41) is 3.40. The van der Waals surface area contributed by atoms with Crippen molar-refractivity contribution >= 4 is 5.91 Å². The van der Waals surface area contributed by atoms with Gasteiger partial charge in [-0.2, -0.15) is 0 Å². The third-order valence-corrected chi connectivity index (χ3v) is 4.97. The van der Waals surface area contributed by atoms with Crippen LogP contribution < -0.4 is 5.32 Å². The zero-order valence-corrected chi connectivity index (χ0v) is 12.9. The van der Waals surface area contributed by atoms with Crippen LogP contribution in [-0.2, 0) is 4.79 Å². The Bertz CT molecular complexity index is 467. The molecule has 1 aromatic carbocycles. The highest BCUT2D eigenvalue weighted by Gasteiger charge is 2.45. The summed E-state index contributed by atoms with van der Waals surface area (Å²) in [6.07, 6.45) is 3.44. The number of hydrogen-bond donors (Lipinski definition) is 1. The van der Waals surface area contributed by atoms with E-state index < -0.39 is 0 Å². The summed E-state index contributed by atoms with van der Waals surface area (Å²) in [5.41, 5.74) is 1.33. The van der Waals surface area contributed by atoms with E-state index in [1.807, 2.05) is 6.07 Å². The molecule has 0 bridgehead atoms. The molecule has 1 heterocycles. The van der Waals surface area contributed by atoms with Crippen LogP contribution in [0.1, 0.15) is 37.7 Å². The van der Waals surface area contributed by atoms with Crippen LogP contribution in [0.2, 0.25) is 0 Å². The molecule has 0 aromatic heterocycles. The Labute approximate surface area is 127 Å². The molecule has 2 unspecified atom stereocenters. The van der Waals surface area contributed by atoms with E-state index in [0.29, 0.717) is 17.7 Å². The van der Waals surface area contributed by atoms with Crippen LogP contribution in [0.3, 0.4) is 0 Å². The fourth-order valence-electron chi connectivity index (χ4n) is 3.52. The minimum absolute atomic E-state index is 0.231. The Morgan fingerprint density at radius 1 is 1.24 bits per heavy atom. The quantitative estimate of drug-likeness (QED) is 0.902. The van der Waals surface area contributed by atoms with Crippen molar-refractivity contribution in [3.05, 3.63) is 35.9 Å². The number of hydrogen-bond acceptors (Lipinski definition) is 2. The smallest absolute Gasteiger partial charge is 0.226 e. The predicted molar refractivity (Wildman–Crippen MR) is 85.1 cm³/mol. The van der Waals surface area contributed by atoms with Crippen LogP contribution in [0.15, 0.2) is 30.3 Å². The molecule has 3 heteroatoms. The molecule has 2 fully saturated rings. The summed E-state index contributed by atoms with van der Waals surface area (Å²) < 4.78 is 0. The molecular weight excluding hydrogens is 260 g/mol. The minimum atomic E-state index is 0.231. The van der Waals surface area contributed by atoms with E-state index in [2.05, 4.69) is 41.4 Å². The lowest BCUT2D eigenvalue weighted by molar-refractivity contribution is -0.133. The van der Waals surface area contributed by atoms with E-state index >= 15 is 0 Å². The molecule has 1 aliphatic carbocycles. The van der Waals surface area contributed by atoms with Gasteiger partial charge >= 0.3 is 0 Å². The molecule has 1 aliphatic heterocycles. The third kappa shape index (κ3) is 3.46. The largest absolute Gasteiger partial charge is 0.342 e. The number of rotatable bonds is 5. The molecule has 0 radical (unpaired) electrons. The van der Waals surface area contributed by atoms with Gasteiger partial charge in [0.15, 0.2) is 0 Å². The summed E-state index contributed by atoms with van der Waals surface area (Å²) in [6, 6.07) is 10.5. The zero-order chi connectivity index (χ0) is 14.7. The van der Waals surface area contributed by atoms with Gasteiger partial charge in [0.2, 0.25) is 5.91 Å². The molecule has 1 saturated heterocycles. The van der Waals surface area contributed by atoms with Gasteiger partial charge in [-0.1, -0.05) is 30.3 Å². The molecule has 21 heavy (non-hydrogen) atoms. The van der Waals surface area contributed by atoms with Crippen LogP contribution in [0.25, 0.3) is 0 Å². The maximum Gasteiger partial charge on any atom is 0.226 e. The number of carbonyl (C=O) groups is 1. The van der Waals surface area contributed by atoms with Crippen molar-refractivity contribution in [2.24, 2.45) is 11.8 Å². The van der Waals surface area contributed by atoms with Crippen LogP contribution in [0, 0.1) is 11.8 Å². The monoisotopic (exact) mass is 286 g/mol. The molecule has 1 N–H and O–H groups in total. The summed E-state index contributed by atoms with van der Waals surface area (Å²) in [5.74, 6) is 1.75. The highest BCUT2D eigenvalue weighted by Crippen LogP contribution is 2.48. The third-order valence-electron chi connectivity index (χ3n) is 4.97. The summed E-state index contributed by atoms with van der Waals surface area (Å²) in [6.45, 7) is 6.12. The van der Waals surface area contributed by atoms with Crippen LogP contribution >= 0.6 is 0 Å². The summed E-state index contributed by atoms with van der Waals surface area (Å²) in [4.78, 5) is 14.8. The van der Waals surface area contributed by atoms with Gasteiger partial charge in [0, 0.05) is 19.0 Å². The molecule has 3 nitrogen and oxygen atoms in total. The van der Waals surface area contributed by atoms with Crippen LogP contribution in [0.4, 0.5) is 0 Å². The molecule has 1 amide bonds. The number of nitrogens with one attached hydrogen (secondary N) is 1. The van der Waals surface area contributed by atoms with Crippen molar-refractivity contribution < 1.29 is 4.79 Å². The Morgan fingerprint density at radius 3 is 2.62 bits per heavy atom. The number of benzene rings is 1. The molecule has 114 valence electrons. The van der Waals surface area contributed by atoms with Crippen molar-refractivity contribution in [1.82, 2.24) is 10.2 Å². The van der Waals surface area contributed by atoms with Crippen LogP contribution in [-0.4, -0.2) is 37.0 Å². The van der Waals surface area contributed by atoms with Crippen molar-refractivity contribution in [2.45, 2.75) is 32.1 Å². The van der Waals surface area contributed by atoms with Gasteiger partial charge in [-0.15, -0.1) is 0 Å². The lowest BCUT2D eigenvalue weighted by Crippen LogP contribution is -2.40. The molecule has 1 saturated carbocycles. The van der Waals surface area contributed by atoms with Gasteiger partial charge in [0.05, 0.1) is 0 Å². The zero-order valence-electron chi connectivity index (χ0n) is 12.9. The predicted octanol–water partition coefficient (Wildman–Crippen LogP) is 2.64. The van der Waals surface area contributed by atoms with E-state index in [9.17, 15) is 4.79 Å². The first-order chi connectivity index (χ1) is 10.3. The second-order valence-electron chi connectivity index (χ2n) is 6.43. The molecule has 0 spiro atoms. The van der Waals surface area contributed by atoms with E-state index in [-0.39, 0.29) is 5.92 Å². The van der Waals surface area contributed by atoms with Crippen LogP contribution in [0.5, 0.6) is 0 Å². The second-order valence-corrected chi connectivity index (χ2v) is 6.43. The second kappa shape index (κ2) is 6.61. The number of nitrogens with zero attached hydrogens (tertiary/aromatic N) is 1. The Morgan fingerprint density at radius 2 is 1.95 bits per heavy atom. The summed E-state index contributed by atoms with van der Waals surface area (Å²) >= 11 is 0. The van der Waals surface area contributed by atoms with E-state index in [0.717, 1.165) is 32.6 Å². The van der Waals surface area contributed by atoms with Gasteiger partial charge < -0.3 is 10.2 Å². The Hall–Kier alpha value is -1.35. The Kier molecular flexibility index (Phi) is 4.59. The number of amides is 1. The van der Waals surface area contributed by atoms with E-state index in [4.69, 9.17) is 0 Å². The maximum atomic E-state index is 12.7. The van der Waals surface area contributed by atoms with Gasteiger partial charge in [-0.3, -0.25) is 4.79 Å². The summed E-state index contributed by atoms with van der Waals surface area (Å²) in [7, 11) is 0. The van der Waals surface area contributed by atoms with Gasteiger partial charge in [0.25, 0.3) is 0 Å². The average molecular weight is 286 g/mol. The minimum Gasteiger partial charge on any atom is -0.342 e. The van der Waals surface area contributed by atoms with Crippen molar-refractivity contribution in [3.8, 4) is 0 Å². The molecule has 2 aliphatic rings. The van der Waals surface area contributed by atoms with Crippen molar-refractivity contribution in [3.63, 3.8) is 0 Å². The van der Waals surface area contributed by atoms with Crippen molar-refractivity contribution in [1.29, 1.82) is 0 Å². The lowest BCUT2D eigenvalue weighted by atomic mass is 9.97. The number of carbonyl (C=O) groups excluding carboxylic acids is 1. The molecule has 3 rings (SSSR count). The van der Waals surface area contributed by atoms with Gasteiger partial charge in [-0.25, -0.2) is 0 Å². The molecular formula is C18H26N2O. The molecule has 1 aromatic rings. The highest BCUT2D eigenvalue weighted by molar-refractivity contribution is 5.83. The average Bonchev–Trinajstić information content (AvgIpc) is 3.34. The Balaban J connectivity index is 1.56. The first-order valence-electron chi connectivity index (χ1n) is 8.34. The van der Waals surface area contributed by atoms with E-state index in [1.165, 1.54) is 18.4 Å². The highest BCUT2D eigenvalue weighted by atomic mass is 16.2.